The molecule has 1 aliphatic rings. The smallest absolute Gasteiger partial charge is 0.252 e. The summed E-state index contributed by atoms with van der Waals surface area (Å²) in [5, 5.41) is 5.50. The van der Waals surface area contributed by atoms with Crippen LogP contribution in [0.2, 0.25) is 0 Å². The number of amides is 2. The zero-order valence-electron chi connectivity index (χ0n) is 11.2. The third-order valence-electron chi connectivity index (χ3n) is 3.19. The number of rotatable bonds is 4. The van der Waals surface area contributed by atoms with Crippen LogP contribution >= 0.6 is 15.9 Å². The standard InChI is InChI=1S/C14H17BrN2O3/c1-14(6-7-20-9-14)17-12(18)8-16-13(19)10-4-2-3-5-11(10)15/h2-5H,6-9H2,1H3,(H,16,19)(H,17,18). The molecule has 2 N–H and O–H groups in total. The van der Waals surface area contributed by atoms with Gasteiger partial charge in [-0.05, 0) is 41.4 Å². The molecular weight excluding hydrogens is 324 g/mol. The average molecular weight is 341 g/mol. The molecule has 0 spiro atoms. The summed E-state index contributed by atoms with van der Waals surface area (Å²) in [6.07, 6.45) is 0.789. The highest BCUT2D eigenvalue weighted by Crippen LogP contribution is 2.17. The first-order chi connectivity index (χ1) is 9.50. The lowest BCUT2D eigenvalue weighted by molar-refractivity contribution is -0.121. The van der Waals surface area contributed by atoms with Crippen molar-refractivity contribution in [3.05, 3.63) is 34.3 Å². The summed E-state index contributed by atoms with van der Waals surface area (Å²) >= 11 is 3.31. The lowest BCUT2D eigenvalue weighted by Crippen LogP contribution is -2.50. The molecule has 1 heterocycles. The number of hydrogen-bond acceptors (Lipinski definition) is 3. The molecule has 0 saturated carbocycles. The summed E-state index contributed by atoms with van der Waals surface area (Å²) in [6.45, 7) is 3.06. The van der Waals surface area contributed by atoms with Crippen molar-refractivity contribution in [2.24, 2.45) is 0 Å². The maximum absolute atomic E-state index is 11.9. The Labute approximate surface area is 126 Å². The first-order valence-corrected chi connectivity index (χ1v) is 7.21. The van der Waals surface area contributed by atoms with Gasteiger partial charge in [0.2, 0.25) is 5.91 Å². The molecule has 1 unspecified atom stereocenters. The normalized spacial score (nSPS) is 21.5. The number of ether oxygens (including phenoxy) is 1. The Bertz CT molecular complexity index is 513. The van der Waals surface area contributed by atoms with Crippen molar-refractivity contribution in [3.63, 3.8) is 0 Å². The predicted octanol–water partition coefficient (Wildman–Crippen LogP) is 1.47. The molecule has 1 fully saturated rings. The fraction of sp³-hybridized carbons (Fsp3) is 0.429. The highest BCUT2D eigenvalue weighted by Gasteiger charge is 2.31. The van der Waals surface area contributed by atoms with Gasteiger partial charge in [0.25, 0.3) is 5.91 Å². The van der Waals surface area contributed by atoms with Gasteiger partial charge < -0.3 is 15.4 Å². The summed E-state index contributed by atoms with van der Waals surface area (Å²) < 4.78 is 5.97. The third kappa shape index (κ3) is 3.80. The zero-order chi connectivity index (χ0) is 14.6. The van der Waals surface area contributed by atoms with Crippen LogP contribution in [0.3, 0.4) is 0 Å². The SMILES string of the molecule is CC1(NC(=O)CNC(=O)c2ccccc2Br)CCOC1. The van der Waals surface area contributed by atoms with Gasteiger partial charge >= 0.3 is 0 Å². The topological polar surface area (TPSA) is 67.4 Å². The average Bonchev–Trinajstić information content (AvgIpc) is 2.83. The van der Waals surface area contributed by atoms with Crippen LogP contribution in [0.5, 0.6) is 0 Å². The Morgan fingerprint density at radius 1 is 1.40 bits per heavy atom. The van der Waals surface area contributed by atoms with E-state index in [1.807, 2.05) is 13.0 Å². The minimum absolute atomic E-state index is 0.0459. The molecule has 1 aromatic rings. The van der Waals surface area contributed by atoms with Gasteiger partial charge in [0.05, 0.1) is 24.3 Å². The summed E-state index contributed by atoms with van der Waals surface area (Å²) in [5.74, 6) is -0.487. The molecule has 1 aromatic carbocycles. The van der Waals surface area contributed by atoms with Gasteiger partial charge in [0.1, 0.15) is 0 Å². The van der Waals surface area contributed by atoms with Crippen molar-refractivity contribution >= 4 is 27.7 Å². The molecule has 20 heavy (non-hydrogen) atoms. The van der Waals surface area contributed by atoms with E-state index in [0.29, 0.717) is 23.2 Å². The zero-order valence-corrected chi connectivity index (χ0v) is 12.8. The Morgan fingerprint density at radius 2 is 2.15 bits per heavy atom. The number of hydrogen-bond donors (Lipinski definition) is 2. The first kappa shape index (κ1) is 15.0. The summed E-state index contributed by atoms with van der Waals surface area (Å²) in [6, 6.07) is 7.08. The Hall–Kier alpha value is -1.40. The van der Waals surface area contributed by atoms with Crippen LogP contribution in [0, 0.1) is 0 Å². The molecule has 0 aliphatic carbocycles. The van der Waals surface area contributed by atoms with E-state index >= 15 is 0 Å². The van der Waals surface area contributed by atoms with Gasteiger partial charge in [-0.25, -0.2) is 0 Å². The summed E-state index contributed by atoms with van der Waals surface area (Å²) in [5.41, 5.74) is 0.186. The second kappa shape index (κ2) is 6.37. The molecule has 2 amide bonds. The number of nitrogens with one attached hydrogen (secondary N) is 2. The Morgan fingerprint density at radius 3 is 2.80 bits per heavy atom. The van der Waals surface area contributed by atoms with Crippen LogP contribution in [0.15, 0.2) is 28.7 Å². The van der Waals surface area contributed by atoms with Gasteiger partial charge in [-0.3, -0.25) is 9.59 Å². The Kier molecular flexibility index (Phi) is 4.77. The van der Waals surface area contributed by atoms with Crippen molar-refractivity contribution in [3.8, 4) is 0 Å². The van der Waals surface area contributed by atoms with E-state index < -0.39 is 0 Å². The van der Waals surface area contributed by atoms with E-state index in [4.69, 9.17) is 4.74 Å². The van der Waals surface area contributed by atoms with Crippen molar-refractivity contribution in [1.29, 1.82) is 0 Å². The van der Waals surface area contributed by atoms with Crippen LogP contribution in [0.4, 0.5) is 0 Å². The van der Waals surface area contributed by atoms with E-state index in [0.717, 1.165) is 6.42 Å². The van der Waals surface area contributed by atoms with E-state index in [1.54, 1.807) is 18.2 Å². The number of benzene rings is 1. The molecule has 1 saturated heterocycles. The van der Waals surface area contributed by atoms with Crippen molar-refractivity contribution in [1.82, 2.24) is 10.6 Å². The maximum Gasteiger partial charge on any atom is 0.252 e. The summed E-state index contributed by atoms with van der Waals surface area (Å²) in [7, 11) is 0. The molecule has 5 nitrogen and oxygen atoms in total. The minimum Gasteiger partial charge on any atom is -0.379 e. The van der Waals surface area contributed by atoms with Gasteiger partial charge in [0, 0.05) is 11.1 Å². The van der Waals surface area contributed by atoms with Gasteiger partial charge in [-0.1, -0.05) is 12.1 Å². The number of carbonyl (C=O) groups excluding carboxylic acids is 2. The largest absolute Gasteiger partial charge is 0.379 e. The highest BCUT2D eigenvalue weighted by atomic mass is 79.9. The monoisotopic (exact) mass is 340 g/mol. The lowest BCUT2D eigenvalue weighted by Gasteiger charge is -2.23. The Balaban J connectivity index is 1.84. The maximum atomic E-state index is 11.9. The van der Waals surface area contributed by atoms with Crippen LogP contribution in [0.1, 0.15) is 23.7 Å². The first-order valence-electron chi connectivity index (χ1n) is 6.42. The molecule has 0 aromatic heterocycles. The van der Waals surface area contributed by atoms with Crippen molar-refractivity contribution < 1.29 is 14.3 Å². The lowest BCUT2D eigenvalue weighted by atomic mass is 10.0. The minimum atomic E-state index is -0.324. The van der Waals surface area contributed by atoms with Crippen LogP contribution < -0.4 is 10.6 Å². The second-order valence-electron chi connectivity index (χ2n) is 5.07. The fourth-order valence-electron chi connectivity index (χ4n) is 2.05. The van der Waals surface area contributed by atoms with E-state index in [-0.39, 0.29) is 23.9 Å². The molecule has 108 valence electrons. The molecule has 1 aliphatic heterocycles. The van der Waals surface area contributed by atoms with Crippen LogP contribution in [-0.2, 0) is 9.53 Å². The van der Waals surface area contributed by atoms with Gasteiger partial charge in [-0.15, -0.1) is 0 Å². The number of halogens is 1. The van der Waals surface area contributed by atoms with Crippen molar-refractivity contribution in [2.75, 3.05) is 19.8 Å². The molecule has 0 bridgehead atoms. The van der Waals surface area contributed by atoms with Gasteiger partial charge in [-0.2, -0.15) is 0 Å². The van der Waals surface area contributed by atoms with Crippen LogP contribution in [0.25, 0.3) is 0 Å². The van der Waals surface area contributed by atoms with Crippen molar-refractivity contribution in [2.45, 2.75) is 18.9 Å². The fourth-order valence-corrected chi connectivity index (χ4v) is 2.51. The second-order valence-corrected chi connectivity index (χ2v) is 5.93. The molecule has 0 radical (unpaired) electrons. The third-order valence-corrected chi connectivity index (χ3v) is 3.88. The molecule has 2 rings (SSSR count). The molecule has 1 atom stereocenters. The molecular formula is C14H17BrN2O3. The number of carbonyl (C=O) groups is 2. The van der Waals surface area contributed by atoms with E-state index in [9.17, 15) is 9.59 Å². The van der Waals surface area contributed by atoms with Crippen LogP contribution in [-0.4, -0.2) is 37.1 Å². The highest BCUT2D eigenvalue weighted by molar-refractivity contribution is 9.10. The van der Waals surface area contributed by atoms with E-state index in [2.05, 4.69) is 26.6 Å². The molecule has 6 heteroatoms. The van der Waals surface area contributed by atoms with E-state index in [1.165, 1.54) is 0 Å². The summed E-state index contributed by atoms with van der Waals surface area (Å²) in [4.78, 5) is 23.8. The predicted molar refractivity (Wildman–Crippen MR) is 78.5 cm³/mol. The quantitative estimate of drug-likeness (QED) is 0.872. The van der Waals surface area contributed by atoms with Gasteiger partial charge in [0.15, 0.2) is 0 Å².